The van der Waals surface area contributed by atoms with E-state index < -0.39 is 5.97 Å². The number of nitrogens with zero attached hydrogens (tertiary/aromatic N) is 1. The van der Waals surface area contributed by atoms with Gasteiger partial charge in [0.05, 0.1) is 0 Å². The highest BCUT2D eigenvalue weighted by Gasteiger charge is 2.19. The summed E-state index contributed by atoms with van der Waals surface area (Å²) in [5.41, 5.74) is 0. The maximum atomic E-state index is 10.2. The van der Waals surface area contributed by atoms with Crippen LogP contribution in [0.4, 0.5) is 0 Å². The third kappa shape index (κ3) is 3.47. The lowest BCUT2D eigenvalue weighted by molar-refractivity contribution is -0.137. The van der Waals surface area contributed by atoms with Crippen LogP contribution in [0.5, 0.6) is 0 Å². The van der Waals surface area contributed by atoms with E-state index in [0.29, 0.717) is 5.92 Å². The molecule has 0 bridgehead atoms. The maximum Gasteiger partial charge on any atom is 0.303 e. The predicted molar refractivity (Wildman–Crippen MR) is 50.2 cm³/mol. The molecule has 1 aliphatic heterocycles. The van der Waals surface area contributed by atoms with Crippen molar-refractivity contribution in [3.8, 4) is 12.3 Å². The number of carboxylic acid groups (broad SMARTS) is 1. The van der Waals surface area contributed by atoms with Gasteiger partial charge in [0, 0.05) is 18.9 Å². The average Bonchev–Trinajstić information content (AvgIpc) is 2.52. The molecule has 1 fully saturated rings. The summed E-state index contributed by atoms with van der Waals surface area (Å²) < 4.78 is 0. The number of terminal acetylenes is 1. The molecular weight excluding hydrogens is 166 g/mol. The highest BCUT2D eigenvalue weighted by Crippen LogP contribution is 2.15. The van der Waals surface area contributed by atoms with Crippen molar-refractivity contribution >= 4 is 5.97 Å². The van der Waals surface area contributed by atoms with Gasteiger partial charge in [-0.05, 0) is 25.9 Å². The molecule has 1 atom stereocenters. The van der Waals surface area contributed by atoms with E-state index in [4.69, 9.17) is 11.5 Å². The first kappa shape index (κ1) is 10.1. The molecule has 0 aromatic heterocycles. The predicted octanol–water partition coefficient (Wildman–Crippen LogP) is 0.806. The number of hydrogen-bond acceptors (Lipinski definition) is 2. The maximum absolute atomic E-state index is 10.2. The standard InChI is InChI=1S/C10H15NO2/c1-2-9-5-7-11(8-9)6-3-4-10(12)13/h1,9H,3-8H2,(H,12,13). The van der Waals surface area contributed by atoms with Gasteiger partial charge in [0.1, 0.15) is 0 Å². The van der Waals surface area contributed by atoms with Crippen LogP contribution >= 0.6 is 0 Å². The van der Waals surface area contributed by atoms with Crippen LogP contribution in [0.3, 0.4) is 0 Å². The summed E-state index contributed by atoms with van der Waals surface area (Å²) in [7, 11) is 0. The number of likely N-dealkylation sites (tertiary alicyclic amines) is 1. The van der Waals surface area contributed by atoms with Crippen LogP contribution < -0.4 is 0 Å². The van der Waals surface area contributed by atoms with Gasteiger partial charge in [-0.3, -0.25) is 4.79 Å². The van der Waals surface area contributed by atoms with E-state index in [2.05, 4.69) is 10.8 Å². The van der Waals surface area contributed by atoms with Gasteiger partial charge in [-0.15, -0.1) is 12.3 Å². The van der Waals surface area contributed by atoms with E-state index in [1.807, 2.05) is 0 Å². The molecule has 13 heavy (non-hydrogen) atoms. The largest absolute Gasteiger partial charge is 0.481 e. The lowest BCUT2D eigenvalue weighted by atomic mass is 10.1. The Balaban J connectivity index is 2.11. The van der Waals surface area contributed by atoms with E-state index in [0.717, 1.165) is 32.5 Å². The SMILES string of the molecule is C#CC1CCN(CCCC(=O)O)C1. The Labute approximate surface area is 78.7 Å². The molecule has 1 N–H and O–H groups in total. The fourth-order valence-corrected chi connectivity index (χ4v) is 1.63. The summed E-state index contributed by atoms with van der Waals surface area (Å²) in [6.45, 7) is 2.83. The Morgan fingerprint density at radius 1 is 1.69 bits per heavy atom. The minimum Gasteiger partial charge on any atom is -0.481 e. The third-order valence-electron chi connectivity index (χ3n) is 2.37. The number of aliphatic carboxylic acids is 1. The lowest BCUT2D eigenvalue weighted by Crippen LogP contribution is -2.22. The molecule has 0 saturated carbocycles. The van der Waals surface area contributed by atoms with Crippen molar-refractivity contribution in [2.45, 2.75) is 19.3 Å². The van der Waals surface area contributed by atoms with Crippen LogP contribution in [0.2, 0.25) is 0 Å². The van der Waals surface area contributed by atoms with E-state index >= 15 is 0 Å². The summed E-state index contributed by atoms with van der Waals surface area (Å²) in [4.78, 5) is 12.5. The molecule has 3 heteroatoms. The van der Waals surface area contributed by atoms with Crippen LogP contribution in [-0.2, 0) is 4.79 Å². The molecule has 1 aliphatic rings. The number of carbonyl (C=O) groups is 1. The Morgan fingerprint density at radius 2 is 2.46 bits per heavy atom. The average molecular weight is 181 g/mol. The van der Waals surface area contributed by atoms with Crippen molar-refractivity contribution in [1.82, 2.24) is 4.90 Å². The van der Waals surface area contributed by atoms with Gasteiger partial charge in [0.2, 0.25) is 0 Å². The fraction of sp³-hybridized carbons (Fsp3) is 0.700. The van der Waals surface area contributed by atoms with Crippen LogP contribution in [0.15, 0.2) is 0 Å². The normalized spacial score (nSPS) is 22.8. The second kappa shape index (κ2) is 4.88. The molecule has 1 saturated heterocycles. The van der Waals surface area contributed by atoms with Crippen molar-refractivity contribution in [2.24, 2.45) is 5.92 Å². The van der Waals surface area contributed by atoms with E-state index in [1.54, 1.807) is 0 Å². The second-order valence-electron chi connectivity index (χ2n) is 3.45. The Bertz CT molecular complexity index is 219. The highest BCUT2D eigenvalue weighted by molar-refractivity contribution is 5.66. The number of rotatable bonds is 4. The first-order valence-corrected chi connectivity index (χ1v) is 4.62. The first-order chi connectivity index (χ1) is 6.22. The van der Waals surface area contributed by atoms with Crippen LogP contribution in [0.1, 0.15) is 19.3 Å². The lowest BCUT2D eigenvalue weighted by Gasteiger charge is -2.13. The third-order valence-corrected chi connectivity index (χ3v) is 2.37. The Kier molecular flexibility index (Phi) is 3.78. The van der Waals surface area contributed by atoms with Gasteiger partial charge < -0.3 is 10.0 Å². The molecule has 0 radical (unpaired) electrons. The van der Waals surface area contributed by atoms with Crippen LogP contribution in [0, 0.1) is 18.3 Å². The zero-order valence-electron chi connectivity index (χ0n) is 7.70. The summed E-state index contributed by atoms with van der Waals surface area (Å²) >= 11 is 0. The molecule has 1 unspecified atom stereocenters. The monoisotopic (exact) mass is 181 g/mol. The zero-order valence-corrected chi connectivity index (χ0v) is 7.70. The topological polar surface area (TPSA) is 40.5 Å². The fourth-order valence-electron chi connectivity index (χ4n) is 1.63. The minimum atomic E-state index is -0.715. The van der Waals surface area contributed by atoms with Gasteiger partial charge in [0.25, 0.3) is 0 Å². The van der Waals surface area contributed by atoms with Crippen molar-refractivity contribution in [3.63, 3.8) is 0 Å². The van der Waals surface area contributed by atoms with Crippen LogP contribution in [0.25, 0.3) is 0 Å². The van der Waals surface area contributed by atoms with E-state index in [9.17, 15) is 4.79 Å². The smallest absolute Gasteiger partial charge is 0.303 e. The van der Waals surface area contributed by atoms with E-state index in [-0.39, 0.29) is 6.42 Å². The minimum absolute atomic E-state index is 0.261. The summed E-state index contributed by atoms with van der Waals surface area (Å²) in [6, 6.07) is 0. The molecule has 0 aromatic rings. The van der Waals surface area contributed by atoms with Crippen molar-refractivity contribution < 1.29 is 9.90 Å². The molecule has 0 aliphatic carbocycles. The first-order valence-electron chi connectivity index (χ1n) is 4.62. The molecule has 0 amide bonds. The van der Waals surface area contributed by atoms with Crippen molar-refractivity contribution in [1.29, 1.82) is 0 Å². The quantitative estimate of drug-likeness (QED) is 0.652. The molecular formula is C10H15NO2. The molecule has 0 aromatic carbocycles. The molecule has 0 spiro atoms. The van der Waals surface area contributed by atoms with E-state index in [1.165, 1.54) is 0 Å². The van der Waals surface area contributed by atoms with Gasteiger partial charge in [-0.2, -0.15) is 0 Å². The van der Waals surface area contributed by atoms with Gasteiger partial charge in [-0.1, -0.05) is 0 Å². The number of carboxylic acids is 1. The van der Waals surface area contributed by atoms with Gasteiger partial charge >= 0.3 is 5.97 Å². The zero-order chi connectivity index (χ0) is 9.68. The molecule has 3 nitrogen and oxygen atoms in total. The van der Waals surface area contributed by atoms with Gasteiger partial charge in [0.15, 0.2) is 0 Å². The summed E-state index contributed by atoms with van der Waals surface area (Å²) in [6.07, 6.45) is 7.35. The van der Waals surface area contributed by atoms with Crippen molar-refractivity contribution in [2.75, 3.05) is 19.6 Å². The second-order valence-corrected chi connectivity index (χ2v) is 3.45. The molecule has 1 heterocycles. The summed E-state index contributed by atoms with van der Waals surface area (Å²) in [5, 5.41) is 8.43. The van der Waals surface area contributed by atoms with Crippen molar-refractivity contribution in [3.05, 3.63) is 0 Å². The Morgan fingerprint density at radius 3 is 3.00 bits per heavy atom. The summed E-state index contributed by atoms with van der Waals surface area (Å²) in [5.74, 6) is 2.40. The Hall–Kier alpha value is -1.01. The van der Waals surface area contributed by atoms with Crippen LogP contribution in [-0.4, -0.2) is 35.6 Å². The number of hydrogen-bond donors (Lipinski definition) is 1. The van der Waals surface area contributed by atoms with Gasteiger partial charge in [-0.25, -0.2) is 0 Å². The molecule has 72 valence electrons. The highest BCUT2D eigenvalue weighted by atomic mass is 16.4. The molecule has 1 rings (SSSR count).